The van der Waals surface area contributed by atoms with Crippen LogP contribution in [0.15, 0.2) is 18.2 Å². The van der Waals surface area contributed by atoms with Gasteiger partial charge in [0.25, 0.3) is 0 Å². The van der Waals surface area contributed by atoms with E-state index in [0.717, 1.165) is 26.3 Å². The van der Waals surface area contributed by atoms with Gasteiger partial charge < -0.3 is 5.32 Å². The van der Waals surface area contributed by atoms with Crippen molar-refractivity contribution in [3.63, 3.8) is 0 Å². The standard InChI is InChI=1S/C12H13ClN2S/c1-2-7-6-10(7)15-12-14-9-5-3-4-8(13)11(9)16-12/h3-5,7,10H,2,6H2,1H3,(H,14,15). The number of hydrogen-bond donors (Lipinski definition) is 1. The largest absolute Gasteiger partial charge is 0.358 e. The Kier molecular flexibility index (Phi) is 2.52. The number of hydrogen-bond acceptors (Lipinski definition) is 3. The fourth-order valence-corrected chi connectivity index (χ4v) is 3.23. The zero-order valence-corrected chi connectivity index (χ0v) is 10.6. The van der Waals surface area contributed by atoms with E-state index in [-0.39, 0.29) is 0 Å². The van der Waals surface area contributed by atoms with Crippen LogP contribution in [0.4, 0.5) is 5.13 Å². The van der Waals surface area contributed by atoms with Crippen molar-refractivity contribution in [3.8, 4) is 0 Å². The van der Waals surface area contributed by atoms with Gasteiger partial charge >= 0.3 is 0 Å². The summed E-state index contributed by atoms with van der Waals surface area (Å²) in [7, 11) is 0. The first-order valence-electron chi connectivity index (χ1n) is 5.59. The van der Waals surface area contributed by atoms with Crippen LogP contribution in [0.2, 0.25) is 5.02 Å². The Bertz CT molecular complexity index is 523. The van der Waals surface area contributed by atoms with Crippen LogP contribution in [-0.4, -0.2) is 11.0 Å². The van der Waals surface area contributed by atoms with Gasteiger partial charge in [-0.15, -0.1) is 0 Å². The van der Waals surface area contributed by atoms with Gasteiger partial charge in [0.1, 0.15) is 0 Å². The maximum absolute atomic E-state index is 6.12. The van der Waals surface area contributed by atoms with E-state index in [1.165, 1.54) is 12.8 Å². The predicted octanol–water partition coefficient (Wildman–Crippen LogP) is 4.16. The molecule has 1 aromatic heterocycles. The third-order valence-electron chi connectivity index (χ3n) is 3.12. The van der Waals surface area contributed by atoms with E-state index in [0.29, 0.717) is 6.04 Å². The first-order chi connectivity index (χ1) is 7.78. The lowest BCUT2D eigenvalue weighted by molar-refractivity contribution is 0.774. The van der Waals surface area contributed by atoms with E-state index in [1.54, 1.807) is 11.3 Å². The lowest BCUT2D eigenvalue weighted by atomic mass is 10.3. The quantitative estimate of drug-likeness (QED) is 0.887. The minimum absolute atomic E-state index is 0.629. The van der Waals surface area contributed by atoms with E-state index in [1.807, 2.05) is 18.2 Å². The second kappa shape index (κ2) is 3.90. The molecule has 1 heterocycles. The Labute approximate surface area is 104 Å². The summed E-state index contributed by atoms with van der Waals surface area (Å²) in [6.07, 6.45) is 2.53. The lowest BCUT2D eigenvalue weighted by Crippen LogP contribution is -2.03. The summed E-state index contributed by atoms with van der Waals surface area (Å²) >= 11 is 7.77. The minimum atomic E-state index is 0.629. The second-order valence-electron chi connectivity index (χ2n) is 4.26. The normalized spacial score (nSPS) is 23.6. The van der Waals surface area contributed by atoms with Gasteiger partial charge in [-0.1, -0.05) is 42.3 Å². The summed E-state index contributed by atoms with van der Waals surface area (Å²) in [6.45, 7) is 2.24. The summed E-state index contributed by atoms with van der Waals surface area (Å²) in [5.74, 6) is 0.836. The Morgan fingerprint density at radius 3 is 3.12 bits per heavy atom. The van der Waals surface area contributed by atoms with Gasteiger partial charge in [0.2, 0.25) is 0 Å². The van der Waals surface area contributed by atoms with Crippen molar-refractivity contribution in [3.05, 3.63) is 23.2 Å². The fraction of sp³-hybridized carbons (Fsp3) is 0.417. The number of benzene rings is 1. The molecule has 0 bridgehead atoms. The van der Waals surface area contributed by atoms with E-state index in [4.69, 9.17) is 11.6 Å². The molecule has 4 heteroatoms. The molecule has 1 N–H and O–H groups in total. The molecule has 0 aliphatic heterocycles. The Morgan fingerprint density at radius 2 is 2.44 bits per heavy atom. The Hall–Kier alpha value is -0.800. The highest BCUT2D eigenvalue weighted by Crippen LogP contribution is 2.39. The van der Waals surface area contributed by atoms with Crippen LogP contribution in [0.1, 0.15) is 19.8 Å². The Morgan fingerprint density at radius 1 is 1.56 bits per heavy atom. The van der Waals surface area contributed by atoms with E-state index >= 15 is 0 Å². The molecule has 1 saturated carbocycles. The van der Waals surface area contributed by atoms with Crippen LogP contribution in [0.3, 0.4) is 0 Å². The zero-order valence-electron chi connectivity index (χ0n) is 9.03. The van der Waals surface area contributed by atoms with E-state index in [2.05, 4.69) is 17.2 Å². The molecule has 3 rings (SSSR count). The molecule has 0 radical (unpaired) electrons. The van der Waals surface area contributed by atoms with Gasteiger partial charge in [0.05, 0.1) is 15.2 Å². The third-order valence-corrected chi connectivity index (χ3v) is 4.59. The molecule has 16 heavy (non-hydrogen) atoms. The maximum Gasteiger partial charge on any atom is 0.184 e. The number of nitrogens with zero attached hydrogens (tertiary/aromatic N) is 1. The average molecular weight is 253 g/mol. The average Bonchev–Trinajstić information content (AvgIpc) is 2.87. The van der Waals surface area contributed by atoms with Gasteiger partial charge in [-0.25, -0.2) is 4.98 Å². The molecule has 2 atom stereocenters. The number of fused-ring (bicyclic) bond motifs is 1. The highest BCUT2D eigenvalue weighted by Gasteiger charge is 2.35. The van der Waals surface area contributed by atoms with Crippen molar-refractivity contribution in [2.24, 2.45) is 5.92 Å². The predicted molar refractivity (Wildman–Crippen MR) is 70.4 cm³/mol. The van der Waals surface area contributed by atoms with Crippen molar-refractivity contribution in [1.29, 1.82) is 0 Å². The van der Waals surface area contributed by atoms with Crippen molar-refractivity contribution in [1.82, 2.24) is 4.98 Å². The number of aromatic nitrogens is 1. The van der Waals surface area contributed by atoms with Gasteiger partial charge in [0, 0.05) is 6.04 Å². The number of anilines is 1. The highest BCUT2D eigenvalue weighted by atomic mass is 35.5. The molecule has 1 fully saturated rings. The van der Waals surface area contributed by atoms with Crippen LogP contribution in [-0.2, 0) is 0 Å². The molecule has 1 aliphatic carbocycles. The number of rotatable bonds is 3. The third kappa shape index (κ3) is 1.78. The summed E-state index contributed by atoms with van der Waals surface area (Å²) in [6, 6.07) is 6.50. The second-order valence-corrected chi connectivity index (χ2v) is 5.67. The topological polar surface area (TPSA) is 24.9 Å². The van der Waals surface area contributed by atoms with E-state index < -0.39 is 0 Å². The lowest BCUT2D eigenvalue weighted by Gasteiger charge is -1.98. The van der Waals surface area contributed by atoms with Crippen LogP contribution >= 0.6 is 22.9 Å². The highest BCUT2D eigenvalue weighted by molar-refractivity contribution is 7.22. The molecule has 0 spiro atoms. The zero-order chi connectivity index (χ0) is 11.1. The van der Waals surface area contributed by atoms with Gasteiger partial charge in [-0.3, -0.25) is 0 Å². The molecule has 0 amide bonds. The van der Waals surface area contributed by atoms with E-state index in [9.17, 15) is 0 Å². The smallest absolute Gasteiger partial charge is 0.184 e. The fourth-order valence-electron chi connectivity index (χ4n) is 2.01. The molecule has 2 nitrogen and oxygen atoms in total. The molecule has 0 saturated heterocycles. The SMILES string of the molecule is CCC1CC1Nc1nc2cccc(Cl)c2s1. The molecule has 2 unspecified atom stereocenters. The molecule has 2 aromatic rings. The number of nitrogens with one attached hydrogen (secondary N) is 1. The van der Waals surface area contributed by atoms with Gasteiger partial charge in [-0.05, 0) is 24.5 Å². The molecule has 84 valence electrons. The summed E-state index contributed by atoms with van der Waals surface area (Å²) in [5.41, 5.74) is 0.994. The van der Waals surface area contributed by atoms with Crippen LogP contribution in [0, 0.1) is 5.92 Å². The van der Waals surface area contributed by atoms with Crippen molar-refractivity contribution in [2.45, 2.75) is 25.8 Å². The monoisotopic (exact) mass is 252 g/mol. The van der Waals surface area contributed by atoms with Crippen molar-refractivity contribution < 1.29 is 0 Å². The van der Waals surface area contributed by atoms with Crippen molar-refractivity contribution in [2.75, 3.05) is 5.32 Å². The Balaban J connectivity index is 1.86. The van der Waals surface area contributed by atoms with Gasteiger partial charge in [-0.2, -0.15) is 0 Å². The number of thiazole rings is 1. The molecular weight excluding hydrogens is 240 g/mol. The first-order valence-corrected chi connectivity index (χ1v) is 6.79. The van der Waals surface area contributed by atoms with Crippen LogP contribution in [0.25, 0.3) is 10.2 Å². The van der Waals surface area contributed by atoms with Gasteiger partial charge in [0.15, 0.2) is 5.13 Å². The summed E-state index contributed by atoms with van der Waals surface area (Å²) in [5, 5.41) is 5.28. The number of halogens is 1. The summed E-state index contributed by atoms with van der Waals surface area (Å²) in [4.78, 5) is 4.55. The molecule has 1 aromatic carbocycles. The first kappa shape index (κ1) is 10.4. The van der Waals surface area contributed by atoms with Crippen LogP contribution in [0.5, 0.6) is 0 Å². The minimum Gasteiger partial charge on any atom is -0.358 e. The molecular formula is C12H13ClN2S. The van der Waals surface area contributed by atoms with Crippen LogP contribution < -0.4 is 5.32 Å². The summed E-state index contributed by atoms with van der Waals surface area (Å²) < 4.78 is 1.08. The molecule has 1 aliphatic rings. The maximum atomic E-state index is 6.12. The van der Waals surface area contributed by atoms with Crippen molar-refractivity contribution >= 4 is 38.3 Å².